The van der Waals surface area contributed by atoms with Crippen molar-refractivity contribution < 1.29 is 14.7 Å². The lowest BCUT2D eigenvalue weighted by Crippen LogP contribution is -2.35. The molecule has 25 heavy (non-hydrogen) atoms. The average Bonchev–Trinajstić information content (AvgIpc) is 3.08. The van der Waals surface area contributed by atoms with E-state index in [1.54, 1.807) is 41.2 Å². The van der Waals surface area contributed by atoms with E-state index in [1.165, 1.54) is 0 Å². The number of amides is 1. The minimum atomic E-state index is -0.963. The zero-order valence-electron chi connectivity index (χ0n) is 13.1. The Morgan fingerprint density at radius 2 is 1.88 bits per heavy atom. The van der Waals surface area contributed by atoms with Crippen molar-refractivity contribution in [2.24, 2.45) is 0 Å². The van der Waals surface area contributed by atoms with Gasteiger partial charge in [0.2, 0.25) is 0 Å². The van der Waals surface area contributed by atoms with E-state index in [9.17, 15) is 9.59 Å². The molecule has 4 rings (SSSR count). The van der Waals surface area contributed by atoms with Crippen LogP contribution >= 0.6 is 0 Å². The molecule has 0 aliphatic carbocycles. The highest BCUT2D eigenvalue weighted by Crippen LogP contribution is 2.25. The largest absolute Gasteiger partial charge is 0.478 e. The van der Waals surface area contributed by atoms with Crippen LogP contribution in [0.1, 0.15) is 20.8 Å². The van der Waals surface area contributed by atoms with Crippen LogP contribution in [0.4, 0.5) is 0 Å². The van der Waals surface area contributed by atoms with Gasteiger partial charge in [-0.2, -0.15) is 5.10 Å². The van der Waals surface area contributed by atoms with Crippen molar-refractivity contribution in [2.45, 2.75) is 6.54 Å². The summed E-state index contributed by atoms with van der Waals surface area (Å²) < 4.78 is 1.70. The Hall–Kier alpha value is -3.48. The van der Waals surface area contributed by atoms with Crippen LogP contribution in [-0.2, 0) is 6.54 Å². The van der Waals surface area contributed by atoms with Crippen LogP contribution < -0.4 is 5.32 Å². The molecule has 1 amide bonds. The second kappa shape index (κ2) is 5.86. The Kier molecular flexibility index (Phi) is 3.53. The first-order chi connectivity index (χ1) is 12.1. The fourth-order valence-electron chi connectivity index (χ4n) is 2.81. The van der Waals surface area contributed by atoms with Crippen molar-refractivity contribution in [1.82, 2.24) is 20.1 Å². The Labute approximate surface area is 142 Å². The lowest BCUT2D eigenvalue weighted by molar-refractivity contribution is 0.0696. The molecule has 0 spiro atoms. The van der Waals surface area contributed by atoms with Crippen molar-refractivity contribution in [3.63, 3.8) is 0 Å². The first-order valence-corrected chi connectivity index (χ1v) is 7.78. The maximum absolute atomic E-state index is 11.9. The predicted molar refractivity (Wildman–Crippen MR) is 90.2 cm³/mol. The number of aromatic carboxylic acids is 1. The van der Waals surface area contributed by atoms with Crippen LogP contribution in [0.5, 0.6) is 0 Å². The van der Waals surface area contributed by atoms with Gasteiger partial charge in [0.25, 0.3) is 5.91 Å². The van der Waals surface area contributed by atoms with Crippen LogP contribution in [0.25, 0.3) is 22.5 Å². The third kappa shape index (κ3) is 2.76. The van der Waals surface area contributed by atoms with Crippen LogP contribution in [0, 0.1) is 0 Å². The summed E-state index contributed by atoms with van der Waals surface area (Å²) in [5.74, 6) is -1.08. The van der Waals surface area contributed by atoms with E-state index in [2.05, 4.69) is 15.4 Å². The summed E-state index contributed by atoms with van der Waals surface area (Å²) in [6.45, 7) is 1.22. The summed E-state index contributed by atoms with van der Waals surface area (Å²) >= 11 is 0. The van der Waals surface area contributed by atoms with Gasteiger partial charge in [0.15, 0.2) is 0 Å². The van der Waals surface area contributed by atoms with Gasteiger partial charge in [0.05, 0.1) is 23.5 Å². The van der Waals surface area contributed by atoms with Gasteiger partial charge in [-0.15, -0.1) is 0 Å². The molecule has 0 unspecified atom stereocenters. The smallest absolute Gasteiger partial charge is 0.335 e. The molecule has 0 atom stereocenters. The van der Waals surface area contributed by atoms with Gasteiger partial charge in [-0.25, -0.2) is 4.79 Å². The number of rotatable bonds is 3. The summed E-state index contributed by atoms with van der Waals surface area (Å²) in [5, 5.41) is 16.3. The number of hydrogen-bond acceptors (Lipinski definition) is 4. The Morgan fingerprint density at radius 3 is 2.60 bits per heavy atom. The maximum Gasteiger partial charge on any atom is 0.335 e. The van der Waals surface area contributed by atoms with Gasteiger partial charge < -0.3 is 10.4 Å². The predicted octanol–water partition coefficient (Wildman–Crippen LogP) is 2.05. The van der Waals surface area contributed by atoms with E-state index in [4.69, 9.17) is 5.11 Å². The van der Waals surface area contributed by atoms with E-state index < -0.39 is 5.97 Å². The number of fused-ring (bicyclic) bond motifs is 1. The zero-order valence-corrected chi connectivity index (χ0v) is 13.1. The van der Waals surface area contributed by atoms with Gasteiger partial charge in [-0.3, -0.25) is 14.5 Å². The number of aromatic nitrogens is 3. The maximum atomic E-state index is 11.9. The van der Waals surface area contributed by atoms with Crippen LogP contribution in [0.3, 0.4) is 0 Å². The third-order valence-corrected chi connectivity index (χ3v) is 4.11. The number of carboxylic acid groups (broad SMARTS) is 1. The molecule has 0 radical (unpaired) electrons. The van der Waals surface area contributed by atoms with Gasteiger partial charge in [-0.05, 0) is 30.3 Å². The molecular weight excluding hydrogens is 320 g/mol. The highest BCUT2D eigenvalue weighted by molar-refractivity contribution is 5.94. The number of nitrogens with zero attached hydrogens (tertiary/aromatic N) is 3. The zero-order chi connectivity index (χ0) is 17.4. The van der Waals surface area contributed by atoms with Crippen LogP contribution in [-0.4, -0.2) is 38.3 Å². The fourth-order valence-corrected chi connectivity index (χ4v) is 2.81. The standard InChI is InChI=1S/C18H14N4O3/c23-17-16-10-15(21-22(16)8-7-20-17)13-5-6-19-14(9-13)11-1-3-12(4-2-11)18(24)25/h1-6,9-10H,7-8H2,(H,20,23)(H,24,25). The Bertz CT molecular complexity index is 976. The Balaban J connectivity index is 1.70. The SMILES string of the molecule is O=C(O)c1ccc(-c2cc(-c3cc4n(n3)CCNC4=O)ccn2)cc1. The third-order valence-electron chi connectivity index (χ3n) is 4.11. The molecule has 124 valence electrons. The monoisotopic (exact) mass is 334 g/mol. The summed E-state index contributed by atoms with van der Waals surface area (Å²) in [5.41, 5.74) is 3.86. The number of pyridine rings is 1. The minimum Gasteiger partial charge on any atom is -0.478 e. The van der Waals surface area contributed by atoms with E-state index in [0.717, 1.165) is 11.1 Å². The quantitative estimate of drug-likeness (QED) is 0.764. The topological polar surface area (TPSA) is 97.1 Å². The van der Waals surface area contributed by atoms with E-state index in [1.807, 2.05) is 12.1 Å². The molecule has 3 heterocycles. The summed E-state index contributed by atoms with van der Waals surface area (Å²) in [7, 11) is 0. The molecular formula is C18H14N4O3. The van der Waals surface area contributed by atoms with E-state index >= 15 is 0 Å². The van der Waals surface area contributed by atoms with E-state index in [0.29, 0.717) is 30.2 Å². The fraction of sp³-hybridized carbons (Fsp3) is 0.111. The lowest BCUT2D eigenvalue weighted by atomic mass is 10.1. The average molecular weight is 334 g/mol. The number of nitrogens with one attached hydrogen (secondary N) is 1. The number of carbonyl (C=O) groups is 2. The molecule has 1 aliphatic rings. The summed E-state index contributed by atoms with van der Waals surface area (Å²) in [6, 6.07) is 12.0. The minimum absolute atomic E-state index is 0.122. The molecule has 0 bridgehead atoms. The molecule has 2 aromatic heterocycles. The Morgan fingerprint density at radius 1 is 1.08 bits per heavy atom. The molecule has 0 saturated heterocycles. The highest BCUT2D eigenvalue weighted by atomic mass is 16.4. The molecule has 3 aromatic rings. The van der Waals surface area contributed by atoms with Crippen molar-refractivity contribution in [3.05, 3.63) is 59.9 Å². The van der Waals surface area contributed by atoms with Gasteiger partial charge in [-0.1, -0.05) is 12.1 Å². The van der Waals surface area contributed by atoms with Crippen molar-refractivity contribution in [1.29, 1.82) is 0 Å². The lowest BCUT2D eigenvalue weighted by Gasteiger charge is -2.13. The summed E-state index contributed by atoms with van der Waals surface area (Å²) in [4.78, 5) is 27.2. The second-order valence-corrected chi connectivity index (χ2v) is 5.71. The molecule has 2 N–H and O–H groups in total. The number of carboxylic acids is 1. The first kappa shape index (κ1) is 15.1. The van der Waals surface area contributed by atoms with Crippen molar-refractivity contribution in [3.8, 4) is 22.5 Å². The second-order valence-electron chi connectivity index (χ2n) is 5.71. The van der Waals surface area contributed by atoms with Crippen molar-refractivity contribution in [2.75, 3.05) is 6.54 Å². The van der Waals surface area contributed by atoms with Crippen molar-refractivity contribution >= 4 is 11.9 Å². The van der Waals surface area contributed by atoms with Gasteiger partial charge >= 0.3 is 5.97 Å². The normalized spacial score (nSPS) is 13.2. The number of benzene rings is 1. The van der Waals surface area contributed by atoms with Crippen LogP contribution in [0.15, 0.2) is 48.7 Å². The highest BCUT2D eigenvalue weighted by Gasteiger charge is 2.20. The molecule has 7 nitrogen and oxygen atoms in total. The molecule has 7 heteroatoms. The molecule has 1 aliphatic heterocycles. The van der Waals surface area contributed by atoms with Gasteiger partial charge in [0, 0.05) is 23.9 Å². The van der Waals surface area contributed by atoms with E-state index in [-0.39, 0.29) is 11.5 Å². The molecule has 0 saturated carbocycles. The number of carbonyl (C=O) groups excluding carboxylic acids is 1. The van der Waals surface area contributed by atoms with Gasteiger partial charge in [0.1, 0.15) is 5.69 Å². The molecule has 0 fully saturated rings. The number of hydrogen-bond donors (Lipinski definition) is 2. The van der Waals surface area contributed by atoms with Crippen LogP contribution in [0.2, 0.25) is 0 Å². The summed E-state index contributed by atoms with van der Waals surface area (Å²) in [6.07, 6.45) is 1.67. The molecule has 1 aromatic carbocycles. The first-order valence-electron chi connectivity index (χ1n) is 7.78.